The molecule has 0 spiro atoms. The highest BCUT2D eigenvalue weighted by molar-refractivity contribution is 7.89. The van der Waals surface area contributed by atoms with Crippen LogP contribution in [0.4, 0.5) is 4.39 Å². The molecule has 2 heterocycles. The Morgan fingerprint density at radius 2 is 1.86 bits per heavy atom. The van der Waals surface area contributed by atoms with Crippen LogP contribution in [0.5, 0.6) is 0 Å². The molecular weight excluding hydrogens is 497 g/mol. The van der Waals surface area contributed by atoms with Gasteiger partial charge in [0, 0.05) is 36.8 Å². The van der Waals surface area contributed by atoms with Crippen molar-refractivity contribution >= 4 is 16.0 Å². The third kappa shape index (κ3) is 6.22. The Labute approximate surface area is 219 Å². The van der Waals surface area contributed by atoms with Gasteiger partial charge in [-0.1, -0.05) is 42.5 Å². The molecule has 0 amide bonds. The maximum atomic E-state index is 15.5. The van der Waals surface area contributed by atoms with Crippen LogP contribution >= 0.6 is 0 Å². The third-order valence-corrected chi connectivity index (χ3v) is 9.91. The van der Waals surface area contributed by atoms with Crippen molar-refractivity contribution in [3.63, 3.8) is 0 Å². The van der Waals surface area contributed by atoms with Crippen molar-refractivity contribution in [3.05, 3.63) is 71.0 Å². The molecule has 0 aromatic heterocycles. The van der Waals surface area contributed by atoms with Gasteiger partial charge in [0.2, 0.25) is 10.0 Å². The topological polar surface area (TPSA) is 82.1 Å². The Morgan fingerprint density at radius 3 is 2.54 bits per heavy atom. The van der Waals surface area contributed by atoms with Crippen LogP contribution < -0.4 is 0 Å². The normalized spacial score (nSPS) is 23.4. The lowest BCUT2D eigenvalue weighted by Crippen LogP contribution is -2.45. The smallest absolute Gasteiger partial charge is 0.332 e. The van der Waals surface area contributed by atoms with Gasteiger partial charge in [0.1, 0.15) is 17.7 Å². The summed E-state index contributed by atoms with van der Waals surface area (Å²) in [5.41, 5.74) is 1.37. The number of benzene rings is 2. The van der Waals surface area contributed by atoms with Crippen molar-refractivity contribution in [3.8, 4) is 0 Å². The maximum Gasteiger partial charge on any atom is 0.332 e. The Bertz CT molecular complexity index is 1170. The minimum Gasteiger partial charge on any atom is -0.464 e. The van der Waals surface area contributed by atoms with Crippen LogP contribution in [0, 0.1) is 5.82 Å². The molecule has 2 aromatic carbocycles. The summed E-state index contributed by atoms with van der Waals surface area (Å²) >= 11 is 0. The van der Waals surface area contributed by atoms with E-state index in [9.17, 15) is 13.2 Å². The van der Waals surface area contributed by atoms with Crippen LogP contribution in [-0.2, 0) is 41.0 Å². The van der Waals surface area contributed by atoms with Gasteiger partial charge in [-0.15, -0.1) is 0 Å². The number of hydrogen-bond acceptors (Lipinski definition) is 6. The minimum absolute atomic E-state index is 0.0194. The van der Waals surface area contributed by atoms with Gasteiger partial charge in [-0.2, -0.15) is 4.31 Å². The molecule has 2 aliphatic rings. The zero-order valence-electron chi connectivity index (χ0n) is 21.5. The zero-order valence-corrected chi connectivity index (χ0v) is 22.3. The highest BCUT2D eigenvalue weighted by Gasteiger charge is 2.41. The van der Waals surface area contributed by atoms with E-state index in [1.165, 1.54) is 10.4 Å². The fourth-order valence-corrected chi connectivity index (χ4v) is 7.52. The molecule has 2 fully saturated rings. The van der Waals surface area contributed by atoms with Crippen LogP contribution in [0.1, 0.15) is 61.5 Å². The van der Waals surface area contributed by atoms with Gasteiger partial charge in [0.15, 0.2) is 0 Å². The number of sulfonamides is 1. The standard InChI is InChI=1S/C28H36FNO6S/c1-3-36-27(31)19-35-20-28(13-15-34-16-14-28)24-11-10-23(25(29)17-24)18-30-21(2)9-12-26(37(30,32)33)22-7-5-4-6-8-22/h4-8,10-11,17,21,26H,3,9,12-16,18-20H2,1-2H3/t21-,26+/m0/s1. The fourth-order valence-electron chi connectivity index (χ4n) is 5.34. The molecule has 0 radical (unpaired) electrons. The monoisotopic (exact) mass is 533 g/mol. The van der Waals surface area contributed by atoms with Gasteiger partial charge >= 0.3 is 5.97 Å². The molecule has 2 atom stereocenters. The maximum absolute atomic E-state index is 15.5. The SMILES string of the molecule is CCOC(=O)COCC1(c2ccc(CN3[C@@H](C)CC[C@H](c4ccccc4)S3(=O)=O)c(F)c2)CCOCC1. The summed E-state index contributed by atoms with van der Waals surface area (Å²) in [4.78, 5) is 11.7. The molecule has 7 nitrogen and oxygen atoms in total. The average molecular weight is 534 g/mol. The van der Waals surface area contributed by atoms with Crippen LogP contribution in [0.25, 0.3) is 0 Å². The summed E-state index contributed by atoms with van der Waals surface area (Å²) in [5.74, 6) is -0.880. The van der Waals surface area contributed by atoms with Gasteiger partial charge in [-0.25, -0.2) is 17.6 Å². The van der Waals surface area contributed by atoms with Crippen molar-refractivity contribution in [1.82, 2.24) is 4.31 Å². The first-order chi connectivity index (χ1) is 17.8. The Morgan fingerprint density at radius 1 is 1.14 bits per heavy atom. The lowest BCUT2D eigenvalue weighted by molar-refractivity contribution is -0.149. The van der Waals surface area contributed by atoms with Crippen molar-refractivity contribution in [2.45, 2.75) is 62.8 Å². The highest BCUT2D eigenvalue weighted by atomic mass is 32.2. The molecule has 2 aromatic rings. The van der Waals surface area contributed by atoms with Gasteiger partial charge in [-0.05, 0) is 56.7 Å². The number of rotatable bonds is 9. The number of hydrogen-bond donors (Lipinski definition) is 0. The number of ether oxygens (including phenoxy) is 3. The molecule has 0 aliphatic carbocycles. The van der Waals surface area contributed by atoms with E-state index in [1.54, 1.807) is 13.0 Å². The van der Waals surface area contributed by atoms with E-state index in [1.807, 2.05) is 43.3 Å². The lowest BCUT2D eigenvalue weighted by atomic mass is 9.74. The van der Waals surface area contributed by atoms with Crippen LogP contribution in [0.15, 0.2) is 48.5 Å². The van der Waals surface area contributed by atoms with Crippen molar-refractivity contribution in [1.29, 1.82) is 0 Å². The largest absolute Gasteiger partial charge is 0.464 e. The van der Waals surface area contributed by atoms with E-state index < -0.39 is 32.5 Å². The van der Waals surface area contributed by atoms with Crippen LogP contribution in [0.2, 0.25) is 0 Å². The first kappa shape index (κ1) is 27.7. The molecule has 9 heteroatoms. The molecule has 0 saturated carbocycles. The molecule has 2 saturated heterocycles. The number of carbonyl (C=O) groups is 1. The van der Waals surface area contributed by atoms with E-state index in [4.69, 9.17) is 14.2 Å². The summed E-state index contributed by atoms with van der Waals surface area (Å²) in [7, 11) is -3.66. The first-order valence-electron chi connectivity index (χ1n) is 12.9. The number of esters is 1. The van der Waals surface area contributed by atoms with E-state index in [-0.39, 0.29) is 32.4 Å². The molecule has 0 bridgehead atoms. The summed E-state index contributed by atoms with van der Waals surface area (Å²) in [6.45, 7) is 4.98. The molecule has 2 aliphatic heterocycles. The zero-order chi connectivity index (χ0) is 26.5. The van der Waals surface area contributed by atoms with Gasteiger partial charge < -0.3 is 14.2 Å². The lowest BCUT2D eigenvalue weighted by Gasteiger charge is -2.38. The molecular formula is C28H36FNO6S. The van der Waals surface area contributed by atoms with Gasteiger partial charge in [0.25, 0.3) is 0 Å². The van der Waals surface area contributed by atoms with E-state index in [0.29, 0.717) is 44.5 Å². The molecule has 0 unspecified atom stereocenters. The second kappa shape index (κ2) is 12.0. The number of carbonyl (C=O) groups excluding carboxylic acids is 1. The van der Waals surface area contributed by atoms with Crippen molar-refractivity contribution in [2.24, 2.45) is 0 Å². The third-order valence-electron chi connectivity index (χ3n) is 7.54. The predicted octanol–water partition coefficient (Wildman–Crippen LogP) is 4.51. The molecule has 37 heavy (non-hydrogen) atoms. The van der Waals surface area contributed by atoms with Crippen molar-refractivity contribution < 1.29 is 31.8 Å². The Balaban J connectivity index is 1.54. The van der Waals surface area contributed by atoms with Crippen LogP contribution in [-0.4, -0.2) is 57.8 Å². The second-order valence-corrected chi connectivity index (χ2v) is 12.0. The summed E-state index contributed by atoms with van der Waals surface area (Å²) in [6.07, 6.45) is 2.51. The quantitative estimate of drug-likeness (QED) is 0.441. The van der Waals surface area contributed by atoms with Crippen LogP contribution in [0.3, 0.4) is 0 Å². The first-order valence-corrected chi connectivity index (χ1v) is 14.4. The summed E-state index contributed by atoms with van der Waals surface area (Å²) < 4.78 is 60.2. The average Bonchev–Trinajstić information content (AvgIpc) is 2.88. The predicted molar refractivity (Wildman–Crippen MR) is 138 cm³/mol. The molecule has 202 valence electrons. The Hall–Kier alpha value is -2.33. The summed E-state index contributed by atoms with van der Waals surface area (Å²) in [5, 5.41) is -0.630. The van der Waals surface area contributed by atoms with Crippen molar-refractivity contribution in [2.75, 3.05) is 33.0 Å². The highest BCUT2D eigenvalue weighted by Crippen LogP contribution is 2.39. The molecule has 4 rings (SSSR count). The summed E-state index contributed by atoms with van der Waals surface area (Å²) in [6, 6.07) is 14.0. The van der Waals surface area contributed by atoms with Gasteiger partial charge in [0.05, 0.1) is 13.2 Å². The Kier molecular flexibility index (Phi) is 9.00. The second-order valence-electron chi connectivity index (χ2n) is 9.91. The van der Waals surface area contributed by atoms with E-state index in [2.05, 4.69) is 0 Å². The van der Waals surface area contributed by atoms with Gasteiger partial charge in [-0.3, -0.25) is 0 Å². The number of halogens is 1. The fraction of sp³-hybridized carbons (Fsp3) is 0.536. The van der Waals surface area contributed by atoms with E-state index >= 15 is 4.39 Å². The molecule has 0 N–H and O–H groups in total. The number of nitrogens with zero attached hydrogens (tertiary/aromatic N) is 1. The van der Waals surface area contributed by atoms with E-state index in [0.717, 1.165) is 11.1 Å². The minimum atomic E-state index is -3.66.